The van der Waals surface area contributed by atoms with Crippen LogP contribution in [0.1, 0.15) is 29.3 Å². The molecule has 0 radical (unpaired) electrons. The molecular formula is C14H21N3O3. The first kappa shape index (κ1) is 15.8. The van der Waals surface area contributed by atoms with Crippen LogP contribution in [0.2, 0.25) is 0 Å². The highest BCUT2D eigenvalue weighted by atomic mass is 16.5. The molecule has 0 saturated heterocycles. The van der Waals surface area contributed by atoms with E-state index < -0.39 is 5.97 Å². The number of methoxy groups -OCH3 is 1. The molecule has 4 N–H and O–H groups in total. The maximum absolute atomic E-state index is 11.6. The van der Waals surface area contributed by atoms with Crippen molar-refractivity contribution < 1.29 is 14.3 Å². The van der Waals surface area contributed by atoms with Gasteiger partial charge in [0.15, 0.2) is 0 Å². The SMILES string of the molecule is CCNC(=O)CCNc1cc(C)c(N)c(C(=O)OC)c1. The highest BCUT2D eigenvalue weighted by Gasteiger charge is 2.13. The molecule has 6 nitrogen and oxygen atoms in total. The zero-order valence-electron chi connectivity index (χ0n) is 12.1. The summed E-state index contributed by atoms with van der Waals surface area (Å²) in [6, 6.07) is 3.46. The molecule has 0 fully saturated rings. The summed E-state index contributed by atoms with van der Waals surface area (Å²) in [4.78, 5) is 22.9. The maximum atomic E-state index is 11.6. The lowest BCUT2D eigenvalue weighted by Gasteiger charge is -2.12. The van der Waals surface area contributed by atoms with Gasteiger partial charge in [0, 0.05) is 30.9 Å². The van der Waals surface area contributed by atoms with Crippen molar-refractivity contribution in [3.05, 3.63) is 23.3 Å². The van der Waals surface area contributed by atoms with Gasteiger partial charge in [-0.2, -0.15) is 0 Å². The van der Waals surface area contributed by atoms with Gasteiger partial charge in [0.25, 0.3) is 0 Å². The summed E-state index contributed by atoms with van der Waals surface area (Å²) < 4.78 is 4.69. The Morgan fingerprint density at radius 1 is 1.35 bits per heavy atom. The van der Waals surface area contributed by atoms with Crippen LogP contribution in [0.3, 0.4) is 0 Å². The van der Waals surface area contributed by atoms with Crippen LogP contribution in [0.25, 0.3) is 0 Å². The van der Waals surface area contributed by atoms with Gasteiger partial charge in [0.05, 0.1) is 12.7 Å². The summed E-state index contributed by atoms with van der Waals surface area (Å²) in [5.74, 6) is -0.488. The molecule has 1 aromatic rings. The Morgan fingerprint density at radius 3 is 2.65 bits per heavy atom. The summed E-state index contributed by atoms with van der Waals surface area (Å²) in [5.41, 5.74) is 8.11. The highest BCUT2D eigenvalue weighted by molar-refractivity contribution is 5.97. The topological polar surface area (TPSA) is 93.5 Å². The van der Waals surface area contributed by atoms with Crippen LogP contribution in [-0.4, -0.2) is 32.1 Å². The van der Waals surface area contributed by atoms with Gasteiger partial charge in [-0.15, -0.1) is 0 Å². The summed E-state index contributed by atoms with van der Waals surface area (Å²) in [6.45, 7) is 4.79. The maximum Gasteiger partial charge on any atom is 0.340 e. The number of amides is 1. The Balaban J connectivity index is 2.74. The number of hydrogen-bond acceptors (Lipinski definition) is 5. The van der Waals surface area contributed by atoms with Crippen LogP contribution in [0.4, 0.5) is 11.4 Å². The van der Waals surface area contributed by atoms with Crippen molar-refractivity contribution in [2.24, 2.45) is 0 Å². The average Bonchev–Trinajstić information content (AvgIpc) is 2.42. The lowest BCUT2D eigenvalue weighted by molar-refractivity contribution is -0.120. The molecule has 0 heterocycles. The van der Waals surface area contributed by atoms with E-state index in [1.165, 1.54) is 7.11 Å². The van der Waals surface area contributed by atoms with E-state index in [0.29, 0.717) is 30.8 Å². The molecule has 0 aromatic heterocycles. The molecule has 1 aromatic carbocycles. The first-order chi connectivity index (χ1) is 9.49. The largest absolute Gasteiger partial charge is 0.465 e. The van der Waals surface area contributed by atoms with E-state index in [4.69, 9.17) is 10.5 Å². The fourth-order valence-electron chi connectivity index (χ4n) is 1.79. The predicted octanol–water partition coefficient (Wildman–Crippen LogP) is 1.30. The van der Waals surface area contributed by atoms with Crippen LogP contribution in [0, 0.1) is 6.92 Å². The van der Waals surface area contributed by atoms with Gasteiger partial charge in [-0.3, -0.25) is 4.79 Å². The van der Waals surface area contributed by atoms with Gasteiger partial charge < -0.3 is 21.1 Å². The minimum absolute atomic E-state index is 0.0136. The fourth-order valence-corrected chi connectivity index (χ4v) is 1.79. The van der Waals surface area contributed by atoms with Gasteiger partial charge in [-0.05, 0) is 31.5 Å². The Morgan fingerprint density at radius 2 is 2.05 bits per heavy atom. The Kier molecular flexibility index (Phi) is 5.83. The number of esters is 1. The van der Waals surface area contributed by atoms with Crippen molar-refractivity contribution >= 4 is 23.3 Å². The molecule has 6 heteroatoms. The van der Waals surface area contributed by atoms with Crippen molar-refractivity contribution in [2.75, 3.05) is 31.2 Å². The Hall–Kier alpha value is -2.24. The van der Waals surface area contributed by atoms with E-state index in [1.807, 2.05) is 19.9 Å². The third-order valence-corrected chi connectivity index (χ3v) is 2.85. The van der Waals surface area contributed by atoms with Crippen molar-refractivity contribution in [3.8, 4) is 0 Å². The zero-order chi connectivity index (χ0) is 15.1. The molecule has 0 bridgehead atoms. The summed E-state index contributed by atoms with van der Waals surface area (Å²) >= 11 is 0. The average molecular weight is 279 g/mol. The van der Waals surface area contributed by atoms with Crippen molar-refractivity contribution in [2.45, 2.75) is 20.3 Å². The van der Waals surface area contributed by atoms with Crippen LogP contribution in [0.5, 0.6) is 0 Å². The highest BCUT2D eigenvalue weighted by Crippen LogP contribution is 2.23. The number of carbonyl (C=O) groups excluding carboxylic acids is 2. The second-order valence-corrected chi connectivity index (χ2v) is 4.38. The third kappa shape index (κ3) is 4.15. The standard InChI is InChI=1S/C14H21N3O3/c1-4-16-12(18)5-6-17-10-7-9(2)13(15)11(8-10)14(19)20-3/h7-8,17H,4-6,15H2,1-3H3,(H,16,18). The molecule has 20 heavy (non-hydrogen) atoms. The smallest absolute Gasteiger partial charge is 0.340 e. The lowest BCUT2D eigenvalue weighted by Crippen LogP contribution is -2.24. The van der Waals surface area contributed by atoms with E-state index >= 15 is 0 Å². The third-order valence-electron chi connectivity index (χ3n) is 2.85. The van der Waals surface area contributed by atoms with Crippen LogP contribution < -0.4 is 16.4 Å². The predicted molar refractivity (Wildman–Crippen MR) is 78.7 cm³/mol. The minimum atomic E-state index is -0.474. The number of nitrogen functional groups attached to an aromatic ring is 1. The molecule has 0 aliphatic carbocycles. The van der Waals surface area contributed by atoms with Gasteiger partial charge in [-0.1, -0.05) is 0 Å². The van der Waals surface area contributed by atoms with Gasteiger partial charge in [-0.25, -0.2) is 4.79 Å². The number of nitrogens with two attached hydrogens (primary N) is 1. The number of hydrogen-bond donors (Lipinski definition) is 3. The van der Waals surface area contributed by atoms with Crippen LogP contribution in [-0.2, 0) is 9.53 Å². The molecule has 1 rings (SSSR count). The number of ether oxygens (including phenoxy) is 1. The van der Waals surface area contributed by atoms with E-state index in [0.717, 1.165) is 11.3 Å². The van der Waals surface area contributed by atoms with Gasteiger partial charge in [0.1, 0.15) is 0 Å². The second-order valence-electron chi connectivity index (χ2n) is 4.38. The summed E-state index contributed by atoms with van der Waals surface area (Å²) in [6.07, 6.45) is 0.366. The number of rotatable bonds is 6. The zero-order valence-corrected chi connectivity index (χ0v) is 12.1. The van der Waals surface area contributed by atoms with Gasteiger partial charge in [0.2, 0.25) is 5.91 Å². The molecule has 1 amide bonds. The second kappa shape index (κ2) is 7.37. The summed E-state index contributed by atoms with van der Waals surface area (Å²) in [7, 11) is 1.31. The molecule has 0 atom stereocenters. The van der Waals surface area contributed by atoms with Crippen LogP contribution in [0.15, 0.2) is 12.1 Å². The number of benzene rings is 1. The monoisotopic (exact) mass is 279 g/mol. The number of nitrogens with one attached hydrogen (secondary N) is 2. The van der Waals surface area contributed by atoms with E-state index in [9.17, 15) is 9.59 Å². The molecule has 0 unspecified atom stereocenters. The van der Waals surface area contributed by atoms with Gasteiger partial charge >= 0.3 is 5.97 Å². The quantitative estimate of drug-likeness (QED) is 0.539. The van der Waals surface area contributed by atoms with Crippen molar-refractivity contribution in [1.29, 1.82) is 0 Å². The van der Waals surface area contributed by atoms with E-state index in [2.05, 4.69) is 10.6 Å². The van der Waals surface area contributed by atoms with E-state index in [1.54, 1.807) is 6.07 Å². The number of carbonyl (C=O) groups is 2. The van der Waals surface area contributed by atoms with Crippen molar-refractivity contribution in [1.82, 2.24) is 5.32 Å². The Labute approximate surface area is 118 Å². The molecule has 0 aliphatic heterocycles. The first-order valence-corrected chi connectivity index (χ1v) is 6.48. The number of anilines is 2. The molecule has 0 saturated carbocycles. The van der Waals surface area contributed by atoms with E-state index in [-0.39, 0.29) is 5.91 Å². The number of aryl methyl sites for hydroxylation is 1. The molecular weight excluding hydrogens is 258 g/mol. The molecule has 0 spiro atoms. The molecule has 110 valence electrons. The Bertz CT molecular complexity index is 501. The minimum Gasteiger partial charge on any atom is -0.465 e. The summed E-state index contributed by atoms with van der Waals surface area (Å²) in [5, 5.41) is 5.82. The lowest BCUT2D eigenvalue weighted by atomic mass is 10.1. The fraction of sp³-hybridized carbons (Fsp3) is 0.429. The first-order valence-electron chi connectivity index (χ1n) is 6.48. The van der Waals surface area contributed by atoms with Crippen molar-refractivity contribution in [3.63, 3.8) is 0 Å². The van der Waals surface area contributed by atoms with Crippen LogP contribution >= 0.6 is 0 Å². The molecule has 0 aliphatic rings. The normalized spacial score (nSPS) is 9.95.